The molecule has 0 amide bonds. The van der Waals surface area contributed by atoms with Crippen LogP contribution in [-0.2, 0) is 0 Å². The first-order valence-corrected chi connectivity index (χ1v) is 6.96. The van der Waals surface area contributed by atoms with E-state index in [1.54, 1.807) is 0 Å². The van der Waals surface area contributed by atoms with Crippen molar-refractivity contribution in [3.63, 3.8) is 0 Å². The summed E-state index contributed by atoms with van der Waals surface area (Å²) >= 11 is 0. The molecule has 0 aliphatic heterocycles. The Morgan fingerprint density at radius 2 is 1.60 bits per heavy atom. The molecule has 0 saturated heterocycles. The number of nitrogens with two attached hydrogens (primary N) is 1. The zero-order valence-electron chi connectivity index (χ0n) is 10.8. The van der Waals surface area contributed by atoms with Gasteiger partial charge in [0.05, 0.1) is 0 Å². The van der Waals surface area contributed by atoms with E-state index in [0.29, 0.717) is 6.04 Å². The minimum Gasteiger partial charge on any atom is -0.328 e. The molecule has 0 radical (unpaired) electrons. The monoisotopic (exact) mass is 211 g/mol. The molecule has 90 valence electrons. The summed E-state index contributed by atoms with van der Waals surface area (Å²) in [6, 6.07) is 0.509. The predicted molar refractivity (Wildman–Crippen MR) is 67.8 cm³/mol. The van der Waals surface area contributed by atoms with Crippen LogP contribution in [0.2, 0.25) is 0 Å². The van der Waals surface area contributed by atoms with Crippen LogP contribution in [0.5, 0.6) is 0 Å². The van der Waals surface area contributed by atoms with E-state index in [9.17, 15) is 0 Å². The average Bonchev–Trinajstić information content (AvgIpc) is 2.64. The molecule has 1 rings (SSSR count). The van der Waals surface area contributed by atoms with Gasteiger partial charge in [0, 0.05) is 6.04 Å². The first kappa shape index (κ1) is 13.0. The van der Waals surface area contributed by atoms with Crippen LogP contribution in [0.4, 0.5) is 0 Å². The van der Waals surface area contributed by atoms with Gasteiger partial charge >= 0.3 is 0 Å². The zero-order chi connectivity index (χ0) is 11.3. The summed E-state index contributed by atoms with van der Waals surface area (Å²) in [4.78, 5) is 0. The number of hydrogen-bond acceptors (Lipinski definition) is 1. The molecule has 3 unspecified atom stereocenters. The topological polar surface area (TPSA) is 26.0 Å². The van der Waals surface area contributed by atoms with Crippen molar-refractivity contribution in [2.75, 3.05) is 0 Å². The molecular weight excluding hydrogens is 182 g/mol. The smallest absolute Gasteiger partial charge is 0.00415 e. The molecule has 0 aromatic heterocycles. The number of hydrogen-bond donors (Lipinski definition) is 1. The Hall–Kier alpha value is -0.0400. The third-order valence-electron chi connectivity index (χ3n) is 4.46. The van der Waals surface area contributed by atoms with Crippen LogP contribution in [0.15, 0.2) is 0 Å². The van der Waals surface area contributed by atoms with Gasteiger partial charge in [0.2, 0.25) is 0 Å². The predicted octanol–water partition coefficient (Wildman–Crippen LogP) is 3.97. The summed E-state index contributed by atoms with van der Waals surface area (Å²) in [7, 11) is 0. The lowest BCUT2D eigenvalue weighted by molar-refractivity contribution is 0.246. The van der Waals surface area contributed by atoms with E-state index in [1.165, 1.54) is 44.9 Å². The van der Waals surface area contributed by atoms with Gasteiger partial charge in [-0.2, -0.15) is 0 Å². The van der Waals surface area contributed by atoms with Gasteiger partial charge < -0.3 is 5.73 Å². The van der Waals surface area contributed by atoms with Gasteiger partial charge in [0.25, 0.3) is 0 Å². The molecule has 15 heavy (non-hydrogen) atoms. The Morgan fingerprint density at radius 3 is 2.00 bits per heavy atom. The van der Waals surface area contributed by atoms with Crippen LogP contribution in [0.25, 0.3) is 0 Å². The molecule has 0 aromatic carbocycles. The van der Waals surface area contributed by atoms with Crippen LogP contribution >= 0.6 is 0 Å². The molecule has 1 fully saturated rings. The summed E-state index contributed by atoms with van der Waals surface area (Å²) in [6.07, 6.45) is 9.45. The van der Waals surface area contributed by atoms with E-state index in [1.807, 2.05) is 0 Å². The lowest BCUT2D eigenvalue weighted by Gasteiger charge is -2.26. The van der Waals surface area contributed by atoms with Crippen molar-refractivity contribution >= 4 is 0 Å². The number of rotatable bonds is 6. The van der Waals surface area contributed by atoms with E-state index in [-0.39, 0.29) is 0 Å². The van der Waals surface area contributed by atoms with Gasteiger partial charge in [0.1, 0.15) is 0 Å². The van der Waals surface area contributed by atoms with E-state index >= 15 is 0 Å². The molecule has 1 nitrogen and oxygen atoms in total. The Labute approximate surface area is 95.8 Å². The van der Waals surface area contributed by atoms with Crippen molar-refractivity contribution in [2.24, 2.45) is 23.5 Å². The van der Waals surface area contributed by atoms with E-state index < -0.39 is 0 Å². The van der Waals surface area contributed by atoms with Gasteiger partial charge in [-0.15, -0.1) is 0 Å². The first-order valence-electron chi connectivity index (χ1n) is 6.96. The Balaban J connectivity index is 2.38. The maximum atomic E-state index is 5.98. The fourth-order valence-electron chi connectivity index (χ4n) is 3.40. The molecule has 0 heterocycles. The fraction of sp³-hybridized carbons (Fsp3) is 1.00. The minimum absolute atomic E-state index is 0.509. The van der Waals surface area contributed by atoms with Crippen molar-refractivity contribution in [3.8, 4) is 0 Å². The standard InChI is InChI=1S/C14H29N/c1-4-12(5-2)13(6-3)9-11-7-8-14(15)10-11/h11-14H,4-10,15H2,1-3H3. The SMILES string of the molecule is CCC(CC)C(CC)CC1CCC(N)C1. The van der Waals surface area contributed by atoms with E-state index in [0.717, 1.165) is 17.8 Å². The first-order chi connectivity index (χ1) is 7.21. The quantitative estimate of drug-likeness (QED) is 0.707. The maximum Gasteiger partial charge on any atom is 0.00415 e. The van der Waals surface area contributed by atoms with Crippen molar-refractivity contribution in [2.45, 2.75) is 71.8 Å². The molecule has 1 aliphatic rings. The largest absolute Gasteiger partial charge is 0.328 e. The van der Waals surface area contributed by atoms with Crippen molar-refractivity contribution in [1.29, 1.82) is 0 Å². The summed E-state index contributed by atoms with van der Waals surface area (Å²) in [5.41, 5.74) is 5.98. The Bertz CT molecular complexity index is 163. The van der Waals surface area contributed by atoms with Crippen LogP contribution in [0.1, 0.15) is 65.7 Å². The molecule has 1 saturated carbocycles. The van der Waals surface area contributed by atoms with Crippen LogP contribution in [0.3, 0.4) is 0 Å². The zero-order valence-corrected chi connectivity index (χ0v) is 10.8. The average molecular weight is 211 g/mol. The highest BCUT2D eigenvalue weighted by atomic mass is 14.6. The molecule has 0 spiro atoms. The molecule has 0 bridgehead atoms. The van der Waals surface area contributed by atoms with Crippen LogP contribution < -0.4 is 5.73 Å². The van der Waals surface area contributed by atoms with Crippen LogP contribution in [-0.4, -0.2) is 6.04 Å². The van der Waals surface area contributed by atoms with Gasteiger partial charge in [-0.3, -0.25) is 0 Å². The van der Waals surface area contributed by atoms with E-state index in [4.69, 9.17) is 5.73 Å². The highest BCUT2D eigenvalue weighted by Gasteiger charge is 2.26. The second kappa shape index (κ2) is 6.52. The second-order valence-electron chi connectivity index (χ2n) is 5.42. The fourth-order valence-corrected chi connectivity index (χ4v) is 3.40. The third kappa shape index (κ3) is 3.79. The van der Waals surface area contributed by atoms with Crippen molar-refractivity contribution in [3.05, 3.63) is 0 Å². The Kier molecular flexibility index (Phi) is 5.66. The molecule has 2 N–H and O–H groups in total. The molecule has 0 aromatic rings. The lowest BCUT2D eigenvalue weighted by Crippen LogP contribution is -2.18. The highest BCUT2D eigenvalue weighted by molar-refractivity contribution is 4.81. The molecular formula is C14H29N. The second-order valence-corrected chi connectivity index (χ2v) is 5.42. The molecule has 1 aliphatic carbocycles. The van der Waals surface area contributed by atoms with Gasteiger partial charge in [-0.25, -0.2) is 0 Å². The summed E-state index contributed by atoms with van der Waals surface area (Å²) in [5, 5.41) is 0. The Morgan fingerprint density at radius 1 is 1.00 bits per heavy atom. The normalized spacial score (nSPS) is 28.6. The third-order valence-corrected chi connectivity index (χ3v) is 4.46. The van der Waals surface area contributed by atoms with Gasteiger partial charge in [0.15, 0.2) is 0 Å². The lowest BCUT2D eigenvalue weighted by atomic mass is 9.79. The maximum absolute atomic E-state index is 5.98. The van der Waals surface area contributed by atoms with Gasteiger partial charge in [-0.1, -0.05) is 40.0 Å². The molecule has 3 atom stereocenters. The summed E-state index contributed by atoms with van der Waals surface area (Å²) in [6.45, 7) is 7.05. The highest BCUT2D eigenvalue weighted by Crippen LogP contribution is 2.35. The van der Waals surface area contributed by atoms with Crippen LogP contribution in [0, 0.1) is 17.8 Å². The van der Waals surface area contributed by atoms with Crippen molar-refractivity contribution < 1.29 is 0 Å². The van der Waals surface area contributed by atoms with E-state index in [2.05, 4.69) is 20.8 Å². The van der Waals surface area contributed by atoms with Crippen molar-refractivity contribution in [1.82, 2.24) is 0 Å². The minimum atomic E-state index is 0.509. The molecule has 1 heteroatoms. The van der Waals surface area contributed by atoms with Gasteiger partial charge in [-0.05, 0) is 43.4 Å². The summed E-state index contributed by atoms with van der Waals surface area (Å²) in [5.74, 6) is 2.84. The summed E-state index contributed by atoms with van der Waals surface area (Å²) < 4.78 is 0.